The minimum atomic E-state index is -3.76. The molecule has 13 heteroatoms. The summed E-state index contributed by atoms with van der Waals surface area (Å²) in [7, 11) is -3.76. The van der Waals surface area contributed by atoms with Gasteiger partial charge in [-0.3, -0.25) is 9.69 Å². The number of H-pyrrole nitrogens is 1. The molecule has 0 saturated carbocycles. The highest BCUT2D eigenvalue weighted by atomic mass is 32.2. The molecule has 2 aliphatic rings. The van der Waals surface area contributed by atoms with E-state index in [1.807, 2.05) is 19.9 Å². The van der Waals surface area contributed by atoms with Gasteiger partial charge in [0, 0.05) is 41.2 Å². The number of anilines is 3. The summed E-state index contributed by atoms with van der Waals surface area (Å²) in [5, 5.41) is 6.65. The average molecular weight is 608 g/mol. The summed E-state index contributed by atoms with van der Waals surface area (Å²) in [5.41, 5.74) is 3.00. The molecule has 3 N–H and O–H groups in total. The Kier molecular flexibility index (Phi) is 7.65. The largest absolute Gasteiger partial charge is 0.380 e. The highest BCUT2D eigenvalue weighted by molar-refractivity contribution is 7.90. The Balaban J connectivity index is 1.24. The molecule has 6 rings (SSSR count). The number of likely N-dealkylation sites (tertiary alicyclic amines) is 1. The molecule has 2 saturated heterocycles. The first-order valence-electron chi connectivity index (χ1n) is 14.3. The number of carbonyl (C=O) groups excluding carboxylic acids is 1. The topological polar surface area (TPSA) is 142 Å². The summed E-state index contributed by atoms with van der Waals surface area (Å²) < 4.78 is 44.3. The van der Waals surface area contributed by atoms with Crippen molar-refractivity contribution in [1.82, 2.24) is 24.8 Å². The van der Waals surface area contributed by atoms with Gasteiger partial charge in [0.1, 0.15) is 4.90 Å². The van der Waals surface area contributed by atoms with Crippen LogP contribution in [-0.4, -0.2) is 77.8 Å². The Hall–Kier alpha value is -3.94. The van der Waals surface area contributed by atoms with Gasteiger partial charge in [0.25, 0.3) is 0 Å². The summed E-state index contributed by atoms with van der Waals surface area (Å²) >= 11 is 0. The number of nitrogens with one attached hydrogen (secondary N) is 3. The molecule has 1 spiro atoms. The predicted octanol–water partition coefficient (Wildman–Crippen LogP) is 4.44. The van der Waals surface area contributed by atoms with Crippen LogP contribution < -0.4 is 10.6 Å². The Morgan fingerprint density at radius 2 is 1.98 bits per heavy atom. The number of sulfone groups is 1. The van der Waals surface area contributed by atoms with Crippen molar-refractivity contribution in [1.29, 1.82) is 0 Å². The van der Waals surface area contributed by atoms with E-state index in [0.29, 0.717) is 28.9 Å². The second kappa shape index (κ2) is 11.3. The van der Waals surface area contributed by atoms with Crippen LogP contribution in [0.25, 0.3) is 22.2 Å². The number of hydrogen-bond donors (Lipinski definition) is 3. The van der Waals surface area contributed by atoms with Crippen LogP contribution in [0.15, 0.2) is 47.8 Å². The van der Waals surface area contributed by atoms with Crippen molar-refractivity contribution in [3.8, 4) is 11.3 Å². The second-order valence-electron chi connectivity index (χ2n) is 11.5. The number of halogens is 1. The van der Waals surface area contributed by atoms with E-state index >= 15 is 0 Å². The summed E-state index contributed by atoms with van der Waals surface area (Å²) in [4.78, 5) is 31.9. The van der Waals surface area contributed by atoms with Gasteiger partial charge in [0.05, 0.1) is 36.2 Å². The Bertz CT molecular complexity index is 1800. The quantitative estimate of drug-likeness (QED) is 0.265. The van der Waals surface area contributed by atoms with Gasteiger partial charge in [-0.2, -0.15) is 0 Å². The van der Waals surface area contributed by atoms with Gasteiger partial charge in [-0.1, -0.05) is 13.0 Å². The Morgan fingerprint density at radius 1 is 1.21 bits per heavy atom. The SMILES string of the molecule is CC[C@H](C(=O)Nc1nccc2c(-c3nc(Nc4cccc(S(C)(=O)=O)c4F)ncc3C)c[nH]c12)N1CCC2(CC1)COC2. The standard InChI is InChI=1S/C30H34FN7O4S/c1-4-22(38-12-9-30(10-13-38)16-42-17-30)28(39)37-27-26-19(8-11-32-27)20(15-33-26)25-18(2)14-34-29(36-25)35-21-6-5-7-23(24(21)31)43(3,40)41/h5-8,11,14-15,22,33H,4,9-10,12-13,16-17H2,1-3H3,(H,32,37,39)(H,34,35,36)/t22-/m1/s1. The van der Waals surface area contributed by atoms with Crippen molar-refractivity contribution < 1.29 is 22.3 Å². The fourth-order valence-corrected chi connectivity index (χ4v) is 6.69. The summed E-state index contributed by atoms with van der Waals surface area (Å²) in [5.74, 6) is -0.467. The second-order valence-corrected chi connectivity index (χ2v) is 13.5. The molecule has 3 aromatic heterocycles. The fraction of sp³-hybridized carbons (Fsp3) is 0.400. The highest BCUT2D eigenvalue weighted by Crippen LogP contribution is 2.39. The smallest absolute Gasteiger partial charge is 0.242 e. The van der Waals surface area contributed by atoms with Crippen LogP contribution in [0.4, 0.5) is 21.8 Å². The number of benzene rings is 1. The first kappa shape index (κ1) is 29.1. The number of ether oxygens (including phenoxy) is 1. The number of nitrogens with zero attached hydrogens (tertiary/aromatic N) is 4. The molecule has 226 valence electrons. The zero-order valence-electron chi connectivity index (χ0n) is 24.3. The molecule has 0 bridgehead atoms. The number of carbonyl (C=O) groups is 1. The van der Waals surface area contributed by atoms with Crippen LogP contribution >= 0.6 is 0 Å². The third kappa shape index (κ3) is 5.59. The van der Waals surface area contributed by atoms with Crippen molar-refractivity contribution in [3.05, 3.63) is 54.2 Å². The molecular formula is C30H34FN7O4S. The molecule has 5 heterocycles. The minimum Gasteiger partial charge on any atom is -0.380 e. The Morgan fingerprint density at radius 3 is 2.65 bits per heavy atom. The fourth-order valence-electron chi connectivity index (χ4n) is 5.93. The van der Waals surface area contributed by atoms with E-state index in [4.69, 9.17) is 4.74 Å². The molecule has 2 aliphatic heterocycles. The molecule has 2 fully saturated rings. The van der Waals surface area contributed by atoms with Crippen LogP contribution in [-0.2, 0) is 19.4 Å². The van der Waals surface area contributed by atoms with Gasteiger partial charge in [0.2, 0.25) is 11.9 Å². The van der Waals surface area contributed by atoms with Crippen LogP contribution in [0.2, 0.25) is 0 Å². The van der Waals surface area contributed by atoms with E-state index in [0.717, 1.165) is 61.9 Å². The predicted molar refractivity (Wildman–Crippen MR) is 161 cm³/mol. The summed E-state index contributed by atoms with van der Waals surface area (Å²) in [6, 6.07) is 5.66. The normalized spacial score (nSPS) is 17.5. The third-order valence-corrected chi connectivity index (χ3v) is 9.60. The first-order valence-corrected chi connectivity index (χ1v) is 16.2. The van der Waals surface area contributed by atoms with E-state index < -0.39 is 20.5 Å². The maximum atomic E-state index is 15.0. The van der Waals surface area contributed by atoms with Crippen LogP contribution in [0.3, 0.4) is 0 Å². The lowest BCUT2D eigenvalue weighted by atomic mass is 9.76. The number of amides is 1. The zero-order valence-corrected chi connectivity index (χ0v) is 25.1. The lowest BCUT2D eigenvalue weighted by Crippen LogP contribution is -2.55. The number of aromatic nitrogens is 4. The summed E-state index contributed by atoms with van der Waals surface area (Å²) in [6.45, 7) is 7.26. The van der Waals surface area contributed by atoms with E-state index in [2.05, 4.69) is 35.5 Å². The number of aryl methyl sites for hydroxylation is 1. The maximum absolute atomic E-state index is 15.0. The number of rotatable bonds is 8. The monoisotopic (exact) mass is 607 g/mol. The molecule has 0 radical (unpaired) electrons. The number of aromatic amines is 1. The van der Waals surface area contributed by atoms with Gasteiger partial charge in [0.15, 0.2) is 21.5 Å². The first-order chi connectivity index (χ1) is 20.6. The molecule has 0 aliphatic carbocycles. The molecule has 1 atom stereocenters. The number of fused-ring (bicyclic) bond motifs is 1. The molecule has 4 aromatic rings. The number of piperidine rings is 1. The van der Waals surface area contributed by atoms with E-state index in [9.17, 15) is 17.6 Å². The lowest BCUT2D eigenvalue weighted by molar-refractivity contribution is -0.146. The molecule has 11 nitrogen and oxygen atoms in total. The van der Waals surface area contributed by atoms with Gasteiger partial charge >= 0.3 is 0 Å². The number of hydrogen-bond acceptors (Lipinski definition) is 9. The molecular weight excluding hydrogens is 573 g/mol. The van der Waals surface area contributed by atoms with Crippen LogP contribution in [0.5, 0.6) is 0 Å². The average Bonchev–Trinajstić information content (AvgIpc) is 3.39. The Labute approximate surface area is 249 Å². The van der Waals surface area contributed by atoms with Gasteiger partial charge in [-0.25, -0.2) is 27.8 Å². The molecule has 1 amide bonds. The van der Waals surface area contributed by atoms with Crippen LogP contribution in [0, 0.1) is 18.2 Å². The van der Waals surface area contributed by atoms with Crippen molar-refractivity contribution >= 4 is 44.1 Å². The summed E-state index contributed by atoms with van der Waals surface area (Å²) in [6.07, 6.45) is 8.74. The van der Waals surface area contributed by atoms with Crippen LogP contribution in [0.1, 0.15) is 31.7 Å². The van der Waals surface area contributed by atoms with Crippen molar-refractivity contribution in [2.24, 2.45) is 5.41 Å². The van der Waals surface area contributed by atoms with Crippen molar-refractivity contribution in [2.45, 2.75) is 44.0 Å². The van der Waals surface area contributed by atoms with Gasteiger partial charge < -0.3 is 20.4 Å². The molecule has 1 aromatic carbocycles. The van der Waals surface area contributed by atoms with E-state index in [1.165, 1.54) is 18.2 Å². The lowest BCUT2D eigenvalue weighted by Gasteiger charge is -2.48. The minimum absolute atomic E-state index is 0.0544. The molecule has 43 heavy (non-hydrogen) atoms. The maximum Gasteiger partial charge on any atom is 0.242 e. The van der Waals surface area contributed by atoms with E-state index in [1.54, 1.807) is 18.6 Å². The number of pyridine rings is 1. The zero-order chi connectivity index (χ0) is 30.4. The third-order valence-electron chi connectivity index (χ3n) is 8.48. The van der Waals surface area contributed by atoms with Gasteiger partial charge in [-0.05, 0) is 63.0 Å². The van der Waals surface area contributed by atoms with Crippen molar-refractivity contribution in [2.75, 3.05) is 43.2 Å². The highest BCUT2D eigenvalue weighted by Gasteiger charge is 2.43. The van der Waals surface area contributed by atoms with Gasteiger partial charge in [-0.15, -0.1) is 0 Å². The van der Waals surface area contributed by atoms with E-state index in [-0.39, 0.29) is 23.6 Å². The molecule has 0 unspecified atom stereocenters. The van der Waals surface area contributed by atoms with Crippen molar-refractivity contribution in [3.63, 3.8) is 0 Å².